The maximum atomic E-state index is 12.9. The quantitative estimate of drug-likeness (QED) is 0.820. The van der Waals surface area contributed by atoms with Crippen molar-refractivity contribution >= 4 is 34.8 Å². The van der Waals surface area contributed by atoms with E-state index in [1.165, 1.54) is 18.4 Å². The first-order valence-corrected chi connectivity index (χ1v) is 10.3. The van der Waals surface area contributed by atoms with Crippen molar-refractivity contribution in [1.29, 1.82) is 0 Å². The number of thiazole rings is 1. The normalized spacial score (nSPS) is 17.7. The van der Waals surface area contributed by atoms with Crippen molar-refractivity contribution in [2.45, 2.75) is 51.6 Å². The Labute approximate surface area is 173 Å². The molecule has 1 saturated heterocycles. The second-order valence-corrected chi connectivity index (χ2v) is 9.29. The minimum atomic E-state index is -0.411. The van der Waals surface area contributed by atoms with Gasteiger partial charge in [0.2, 0.25) is 5.91 Å². The minimum absolute atomic E-state index is 0.0460. The Hall–Kier alpha value is -2.12. The Balaban J connectivity index is 2.01. The van der Waals surface area contributed by atoms with Gasteiger partial charge in [-0.25, -0.2) is 0 Å². The van der Waals surface area contributed by atoms with E-state index in [-0.39, 0.29) is 17.4 Å². The van der Waals surface area contributed by atoms with Gasteiger partial charge in [-0.05, 0) is 30.0 Å². The highest BCUT2D eigenvalue weighted by Crippen LogP contribution is 2.26. The van der Waals surface area contributed by atoms with Crippen molar-refractivity contribution in [1.82, 2.24) is 9.88 Å². The summed E-state index contributed by atoms with van der Waals surface area (Å²) in [5, 5.41) is 3.42. The SMILES string of the molecule is COc1ccc(Cl)cc1C(=O)/N=c1\sc(C(C)(C)C)cn1C[C@H]1CCC(=O)N1. The lowest BCUT2D eigenvalue weighted by Crippen LogP contribution is -2.32. The molecule has 3 rings (SSSR count). The molecule has 28 heavy (non-hydrogen) atoms. The fourth-order valence-electron chi connectivity index (χ4n) is 2.99. The zero-order valence-corrected chi connectivity index (χ0v) is 18.0. The number of halogens is 1. The van der Waals surface area contributed by atoms with E-state index in [4.69, 9.17) is 16.3 Å². The summed E-state index contributed by atoms with van der Waals surface area (Å²) in [6, 6.07) is 4.93. The summed E-state index contributed by atoms with van der Waals surface area (Å²) in [6.07, 6.45) is 3.34. The first-order chi connectivity index (χ1) is 13.2. The standard InChI is InChI=1S/C20H24ClN3O3S/c1-20(2,3)16-11-24(10-13-6-8-17(25)22-13)19(28-16)23-18(26)14-9-12(21)5-7-15(14)27-4/h5,7,9,11,13H,6,8,10H2,1-4H3,(H,22,25)/b23-19-/t13-/m1/s1. The van der Waals surface area contributed by atoms with Crippen LogP contribution >= 0.6 is 22.9 Å². The summed E-state index contributed by atoms with van der Waals surface area (Å²) in [5.41, 5.74) is 0.247. The lowest BCUT2D eigenvalue weighted by atomic mass is 9.95. The van der Waals surface area contributed by atoms with Crippen molar-refractivity contribution in [2.75, 3.05) is 7.11 Å². The van der Waals surface area contributed by atoms with Gasteiger partial charge in [-0.3, -0.25) is 9.59 Å². The minimum Gasteiger partial charge on any atom is -0.496 e. The molecule has 0 unspecified atom stereocenters. The maximum absolute atomic E-state index is 12.9. The van der Waals surface area contributed by atoms with E-state index >= 15 is 0 Å². The van der Waals surface area contributed by atoms with Crippen LogP contribution < -0.4 is 14.9 Å². The van der Waals surface area contributed by atoms with Gasteiger partial charge in [-0.2, -0.15) is 4.99 Å². The molecule has 6 nitrogen and oxygen atoms in total. The lowest BCUT2D eigenvalue weighted by molar-refractivity contribution is -0.119. The van der Waals surface area contributed by atoms with Gasteiger partial charge >= 0.3 is 0 Å². The third kappa shape index (κ3) is 4.64. The zero-order valence-electron chi connectivity index (χ0n) is 16.4. The van der Waals surface area contributed by atoms with E-state index in [9.17, 15) is 9.59 Å². The molecule has 0 aliphatic carbocycles. The van der Waals surface area contributed by atoms with Gasteiger partial charge in [0.15, 0.2) is 4.80 Å². The number of benzene rings is 1. The summed E-state index contributed by atoms with van der Waals surface area (Å²) in [6.45, 7) is 6.93. The predicted octanol–water partition coefficient (Wildman–Crippen LogP) is 3.53. The molecular formula is C20H24ClN3O3S. The Kier molecular flexibility index (Phi) is 5.95. The van der Waals surface area contributed by atoms with E-state index in [1.54, 1.807) is 18.2 Å². The van der Waals surface area contributed by atoms with Gasteiger partial charge in [-0.15, -0.1) is 11.3 Å². The molecule has 2 heterocycles. The molecule has 2 aromatic rings. The number of ether oxygens (including phenoxy) is 1. The van der Waals surface area contributed by atoms with Crippen molar-refractivity contribution in [2.24, 2.45) is 4.99 Å². The van der Waals surface area contributed by atoms with Crippen LogP contribution in [0.3, 0.4) is 0 Å². The van der Waals surface area contributed by atoms with Crippen LogP contribution in [0.5, 0.6) is 5.75 Å². The number of nitrogens with zero attached hydrogens (tertiary/aromatic N) is 2. The Morgan fingerprint density at radius 1 is 1.43 bits per heavy atom. The zero-order chi connectivity index (χ0) is 20.5. The van der Waals surface area contributed by atoms with Crippen LogP contribution in [-0.2, 0) is 16.8 Å². The summed E-state index contributed by atoms with van der Waals surface area (Å²) >= 11 is 7.53. The first kappa shape index (κ1) is 20.6. The molecule has 0 saturated carbocycles. The van der Waals surface area contributed by atoms with E-state index in [1.807, 2.05) is 10.8 Å². The fraction of sp³-hybridized carbons (Fsp3) is 0.450. The molecule has 1 fully saturated rings. The number of hydrogen-bond donors (Lipinski definition) is 1. The van der Waals surface area contributed by atoms with Gasteiger partial charge in [0.1, 0.15) is 5.75 Å². The molecule has 1 aliphatic rings. The third-order valence-electron chi connectivity index (χ3n) is 4.55. The molecule has 1 atom stereocenters. The second-order valence-electron chi connectivity index (χ2n) is 7.85. The van der Waals surface area contributed by atoms with Crippen molar-refractivity contribution in [3.05, 3.63) is 44.7 Å². The van der Waals surface area contributed by atoms with E-state index in [0.29, 0.717) is 34.1 Å². The van der Waals surface area contributed by atoms with E-state index in [0.717, 1.165) is 11.3 Å². The molecule has 150 valence electrons. The molecule has 0 bridgehead atoms. The average Bonchev–Trinajstić information content (AvgIpc) is 3.21. The van der Waals surface area contributed by atoms with Gasteiger partial charge in [0.25, 0.3) is 5.91 Å². The highest BCUT2D eigenvalue weighted by Gasteiger charge is 2.24. The number of carbonyl (C=O) groups is 2. The van der Waals surface area contributed by atoms with Crippen LogP contribution in [-0.4, -0.2) is 29.5 Å². The number of hydrogen-bond acceptors (Lipinski definition) is 4. The smallest absolute Gasteiger partial charge is 0.283 e. The molecule has 1 aromatic carbocycles. The highest BCUT2D eigenvalue weighted by molar-refractivity contribution is 7.09. The molecule has 0 radical (unpaired) electrons. The fourth-order valence-corrected chi connectivity index (χ4v) is 4.22. The number of aromatic nitrogens is 1. The van der Waals surface area contributed by atoms with Crippen molar-refractivity contribution < 1.29 is 14.3 Å². The second kappa shape index (κ2) is 8.09. The topological polar surface area (TPSA) is 72.7 Å². The Morgan fingerprint density at radius 3 is 2.79 bits per heavy atom. The van der Waals surface area contributed by atoms with Gasteiger partial charge in [-0.1, -0.05) is 32.4 Å². The van der Waals surface area contributed by atoms with Gasteiger partial charge in [0.05, 0.1) is 12.7 Å². The third-order valence-corrected chi connectivity index (χ3v) is 6.23. The van der Waals surface area contributed by atoms with Crippen LogP contribution in [0, 0.1) is 0 Å². The van der Waals surface area contributed by atoms with Gasteiger partial charge in [0, 0.05) is 35.1 Å². The molecule has 1 N–H and O–H groups in total. The highest BCUT2D eigenvalue weighted by atomic mass is 35.5. The summed E-state index contributed by atoms with van der Waals surface area (Å²) in [4.78, 5) is 30.5. The van der Waals surface area contributed by atoms with Gasteiger partial charge < -0.3 is 14.6 Å². The number of methoxy groups -OCH3 is 1. The molecular weight excluding hydrogens is 398 g/mol. The molecule has 8 heteroatoms. The maximum Gasteiger partial charge on any atom is 0.283 e. The molecule has 1 aliphatic heterocycles. The van der Waals surface area contributed by atoms with Crippen LogP contribution in [0.2, 0.25) is 5.02 Å². The number of rotatable bonds is 4. The number of carbonyl (C=O) groups excluding carboxylic acids is 2. The van der Waals surface area contributed by atoms with Crippen molar-refractivity contribution in [3.63, 3.8) is 0 Å². The van der Waals surface area contributed by atoms with Crippen LogP contribution in [0.25, 0.3) is 0 Å². The molecule has 1 aromatic heterocycles. The summed E-state index contributed by atoms with van der Waals surface area (Å²) in [7, 11) is 1.51. The van der Waals surface area contributed by atoms with Crippen LogP contribution in [0.4, 0.5) is 0 Å². The monoisotopic (exact) mass is 421 g/mol. The largest absolute Gasteiger partial charge is 0.496 e. The summed E-state index contributed by atoms with van der Waals surface area (Å²) < 4.78 is 7.23. The lowest BCUT2D eigenvalue weighted by Gasteiger charge is -2.15. The summed E-state index contributed by atoms with van der Waals surface area (Å²) in [5.74, 6) is 0.0846. The Morgan fingerprint density at radius 2 is 2.18 bits per heavy atom. The Bertz CT molecular complexity index is 972. The first-order valence-electron chi connectivity index (χ1n) is 9.10. The molecule has 0 spiro atoms. The number of amides is 2. The van der Waals surface area contributed by atoms with E-state index < -0.39 is 5.91 Å². The van der Waals surface area contributed by atoms with Crippen LogP contribution in [0.1, 0.15) is 48.8 Å². The van der Waals surface area contributed by atoms with E-state index in [2.05, 4.69) is 31.1 Å². The predicted molar refractivity (Wildman–Crippen MR) is 110 cm³/mol. The number of nitrogens with one attached hydrogen (secondary N) is 1. The molecule has 2 amide bonds. The van der Waals surface area contributed by atoms with Crippen molar-refractivity contribution in [3.8, 4) is 5.75 Å². The average molecular weight is 422 g/mol. The van der Waals surface area contributed by atoms with Crippen LogP contribution in [0.15, 0.2) is 29.4 Å².